The summed E-state index contributed by atoms with van der Waals surface area (Å²) in [5.41, 5.74) is 0. The van der Waals surface area contributed by atoms with Crippen LogP contribution in [-0.2, 0) is 9.59 Å². The van der Waals surface area contributed by atoms with Crippen LogP contribution in [0.1, 0.15) is 25.7 Å². The third-order valence-electron chi connectivity index (χ3n) is 3.75. The maximum Gasteiger partial charge on any atom is 0.303 e. The summed E-state index contributed by atoms with van der Waals surface area (Å²) in [5, 5.41) is 12.0. The van der Waals surface area contributed by atoms with E-state index in [1.807, 2.05) is 4.90 Å². The van der Waals surface area contributed by atoms with Crippen molar-refractivity contribution >= 4 is 11.9 Å². The fourth-order valence-electron chi connectivity index (χ4n) is 2.77. The summed E-state index contributed by atoms with van der Waals surface area (Å²) < 4.78 is 0. The van der Waals surface area contributed by atoms with Gasteiger partial charge in [0.1, 0.15) is 0 Å². The van der Waals surface area contributed by atoms with Crippen LogP contribution >= 0.6 is 0 Å². The fourth-order valence-corrected chi connectivity index (χ4v) is 2.77. The van der Waals surface area contributed by atoms with Crippen LogP contribution in [0.2, 0.25) is 0 Å². The van der Waals surface area contributed by atoms with Crippen molar-refractivity contribution in [3.63, 3.8) is 0 Å². The third kappa shape index (κ3) is 3.19. The molecule has 2 saturated heterocycles. The number of carboxylic acid groups (broad SMARTS) is 1. The summed E-state index contributed by atoms with van der Waals surface area (Å²) in [4.78, 5) is 24.7. The Morgan fingerprint density at radius 3 is 2.59 bits per heavy atom. The Balaban J connectivity index is 1.82. The van der Waals surface area contributed by atoms with E-state index >= 15 is 0 Å². The van der Waals surface area contributed by atoms with Crippen molar-refractivity contribution in [2.45, 2.75) is 25.7 Å². The zero-order valence-corrected chi connectivity index (χ0v) is 10.0. The van der Waals surface area contributed by atoms with E-state index in [-0.39, 0.29) is 24.2 Å². The van der Waals surface area contributed by atoms with Crippen molar-refractivity contribution < 1.29 is 14.7 Å². The Kier molecular flexibility index (Phi) is 3.99. The molecule has 0 saturated carbocycles. The van der Waals surface area contributed by atoms with Crippen LogP contribution < -0.4 is 5.32 Å². The summed E-state index contributed by atoms with van der Waals surface area (Å²) in [6.07, 6.45) is 2.86. The second-order valence-corrected chi connectivity index (χ2v) is 5.06. The third-order valence-corrected chi connectivity index (χ3v) is 3.75. The highest BCUT2D eigenvalue weighted by atomic mass is 16.4. The van der Waals surface area contributed by atoms with E-state index in [0.717, 1.165) is 38.9 Å². The molecule has 0 radical (unpaired) electrons. The van der Waals surface area contributed by atoms with Crippen molar-refractivity contribution in [1.29, 1.82) is 0 Å². The van der Waals surface area contributed by atoms with Crippen LogP contribution in [0.5, 0.6) is 0 Å². The van der Waals surface area contributed by atoms with Crippen LogP contribution in [0.3, 0.4) is 0 Å². The van der Waals surface area contributed by atoms with Crippen LogP contribution in [0, 0.1) is 11.8 Å². The van der Waals surface area contributed by atoms with Gasteiger partial charge in [-0.3, -0.25) is 9.59 Å². The number of hydrogen-bond donors (Lipinski definition) is 2. The number of carbonyl (C=O) groups excluding carboxylic acids is 1. The lowest BCUT2D eigenvalue weighted by atomic mass is 9.96. The van der Waals surface area contributed by atoms with Gasteiger partial charge in [0.15, 0.2) is 0 Å². The number of aliphatic carboxylic acids is 1. The molecule has 1 amide bonds. The average Bonchev–Trinajstić information content (AvgIpc) is 2.77. The van der Waals surface area contributed by atoms with Gasteiger partial charge in [-0.15, -0.1) is 0 Å². The summed E-state index contributed by atoms with van der Waals surface area (Å²) >= 11 is 0. The van der Waals surface area contributed by atoms with E-state index in [2.05, 4.69) is 5.32 Å². The molecule has 0 aromatic heterocycles. The molecule has 2 aliphatic rings. The highest BCUT2D eigenvalue weighted by Gasteiger charge is 2.32. The first-order valence-corrected chi connectivity index (χ1v) is 6.38. The van der Waals surface area contributed by atoms with Gasteiger partial charge in [-0.05, 0) is 38.3 Å². The van der Waals surface area contributed by atoms with Gasteiger partial charge in [0, 0.05) is 25.4 Å². The van der Waals surface area contributed by atoms with E-state index in [9.17, 15) is 9.59 Å². The van der Waals surface area contributed by atoms with E-state index in [4.69, 9.17) is 5.11 Å². The number of carbonyl (C=O) groups is 2. The molecule has 0 aromatic rings. The Labute approximate surface area is 101 Å². The monoisotopic (exact) mass is 240 g/mol. The van der Waals surface area contributed by atoms with Crippen molar-refractivity contribution in [1.82, 2.24) is 10.2 Å². The van der Waals surface area contributed by atoms with Crippen LogP contribution in [0.15, 0.2) is 0 Å². The van der Waals surface area contributed by atoms with Gasteiger partial charge >= 0.3 is 5.97 Å². The van der Waals surface area contributed by atoms with Crippen LogP contribution in [0.25, 0.3) is 0 Å². The Hall–Kier alpha value is -1.10. The minimum absolute atomic E-state index is 0.151. The lowest BCUT2D eigenvalue weighted by Gasteiger charge is -2.26. The summed E-state index contributed by atoms with van der Waals surface area (Å²) in [7, 11) is 0. The van der Waals surface area contributed by atoms with Crippen molar-refractivity contribution in [3.8, 4) is 0 Å². The second kappa shape index (κ2) is 5.49. The molecule has 0 bridgehead atoms. The first-order valence-electron chi connectivity index (χ1n) is 6.38. The van der Waals surface area contributed by atoms with Gasteiger partial charge in [0.25, 0.3) is 0 Å². The molecule has 1 unspecified atom stereocenters. The Morgan fingerprint density at radius 1 is 1.24 bits per heavy atom. The number of piperidine rings is 1. The molecule has 96 valence electrons. The SMILES string of the molecule is O=C(O)CC1CCN(C(=O)C2CCNCC2)C1. The molecular formula is C12H20N2O3. The first-order chi connectivity index (χ1) is 8.16. The highest BCUT2D eigenvalue weighted by Crippen LogP contribution is 2.23. The van der Waals surface area contributed by atoms with Gasteiger partial charge in [-0.1, -0.05) is 0 Å². The quantitative estimate of drug-likeness (QED) is 0.745. The second-order valence-electron chi connectivity index (χ2n) is 5.06. The summed E-state index contributed by atoms with van der Waals surface area (Å²) in [6, 6.07) is 0. The van der Waals surface area contributed by atoms with Gasteiger partial charge in [0.2, 0.25) is 5.91 Å². The number of rotatable bonds is 3. The largest absolute Gasteiger partial charge is 0.481 e. The standard InChI is InChI=1S/C12H20N2O3/c15-11(16)7-9-3-6-14(8-9)12(17)10-1-4-13-5-2-10/h9-10,13H,1-8H2,(H,15,16). The number of hydrogen-bond acceptors (Lipinski definition) is 3. The van der Waals surface area contributed by atoms with Crippen molar-refractivity contribution in [2.75, 3.05) is 26.2 Å². The molecular weight excluding hydrogens is 220 g/mol. The van der Waals surface area contributed by atoms with Crippen molar-refractivity contribution in [2.24, 2.45) is 11.8 Å². The van der Waals surface area contributed by atoms with Crippen LogP contribution in [-0.4, -0.2) is 48.1 Å². The van der Waals surface area contributed by atoms with E-state index in [1.54, 1.807) is 0 Å². The molecule has 1 atom stereocenters. The average molecular weight is 240 g/mol. The molecule has 0 aromatic carbocycles. The molecule has 2 rings (SSSR count). The zero-order valence-electron chi connectivity index (χ0n) is 10.0. The van der Waals surface area contributed by atoms with Crippen LogP contribution in [0.4, 0.5) is 0 Å². The predicted molar refractivity (Wildman–Crippen MR) is 62.5 cm³/mol. The number of nitrogens with zero attached hydrogens (tertiary/aromatic N) is 1. The highest BCUT2D eigenvalue weighted by molar-refractivity contribution is 5.79. The predicted octanol–water partition coefficient (Wildman–Crippen LogP) is 0.309. The molecule has 2 N–H and O–H groups in total. The molecule has 2 heterocycles. The number of carboxylic acids is 1. The Bertz CT molecular complexity index is 300. The zero-order chi connectivity index (χ0) is 12.3. The molecule has 5 nitrogen and oxygen atoms in total. The molecule has 0 aliphatic carbocycles. The first kappa shape index (κ1) is 12.4. The smallest absolute Gasteiger partial charge is 0.303 e. The molecule has 5 heteroatoms. The van der Waals surface area contributed by atoms with E-state index in [0.29, 0.717) is 6.54 Å². The van der Waals surface area contributed by atoms with Gasteiger partial charge in [-0.2, -0.15) is 0 Å². The maximum atomic E-state index is 12.2. The minimum Gasteiger partial charge on any atom is -0.481 e. The molecule has 2 fully saturated rings. The van der Waals surface area contributed by atoms with E-state index in [1.165, 1.54) is 0 Å². The van der Waals surface area contributed by atoms with Gasteiger partial charge < -0.3 is 15.3 Å². The number of nitrogens with one attached hydrogen (secondary N) is 1. The lowest BCUT2D eigenvalue weighted by molar-refractivity contribution is -0.139. The normalized spacial score (nSPS) is 26.1. The molecule has 2 aliphatic heterocycles. The summed E-state index contributed by atoms with van der Waals surface area (Å²) in [6.45, 7) is 3.21. The number of amides is 1. The molecule has 0 spiro atoms. The topological polar surface area (TPSA) is 69.6 Å². The van der Waals surface area contributed by atoms with Gasteiger partial charge in [0.05, 0.1) is 0 Å². The fraction of sp³-hybridized carbons (Fsp3) is 0.833. The minimum atomic E-state index is -0.758. The Morgan fingerprint density at radius 2 is 1.94 bits per heavy atom. The lowest BCUT2D eigenvalue weighted by Crippen LogP contribution is -2.40. The van der Waals surface area contributed by atoms with Gasteiger partial charge in [-0.25, -0.2) is 0 Å². The number of likely N-dealkylation sites (tertiary alicyclic amines) is 1. The molecule has 17 heavy (non-hydrogen) atoms. The van der Waals surface area contributed by atoms with E-state index < -0.39 is 5.97 Å². The maximum absolute atomic E-state index is 12.2. The summed E-state index contributed by atoms with van der Waals surface area (Å²) in [5.74, 6) is -0.219. The van der Waals surface area contributed by atoms with Crippen molar-refractivity contribution in [3.05, 3.63) is 0 Å².